The van der Waals surface area contributed by atoms with Gasteiger partial charge in [-0.3, -0.25) is 4.79 Å². The Morgan fingerprint density at radius 1 is 1.25 bits per heavy atom. The number of aromatic nitrogens is 2. The number of anilines is 2. The van der Waals surface area contributed by atoms with Crippen LogP contribution in [0.15, 0.2) is 12.4 Å². The van der Waals surface area contributed by atoms with Crippen molar-refractivity contribution in [3.63, 3.8) is 0 Å². The Kier molecular flexibility index (Phi) is 5.50. The molecule has 2 unspecified atom stereocenters. The van der Waals surface area contributed by atoms with Crippen molar-refractivity contribution in [2.75, 3.05) is 43.5 Å². The van der Waals surface area contributed by atoms with E-state index in [0.29, 0.717) is 13.1 Å². The molecule has 1 saturated heterocycles. The van der Waals surface area contributed by atoms with Gasteiger partial charge in [-0.25, -0.2) is 9.97 Å². The maximum atomic E-state index is 11.9. The minimum absolute atomic E-state index is 0.110. The number of hydrogen-bond acceptors (Lipinski definition) is 6. The number of carbonyl (C=O) groups excluding carboxylic acids is 1. The van der Waals surface area contributed by atoms with E-state index in [1.807, 2.05) is 18.0 Å². The molecule has 2 N–H and O–H groups in total. The quantitative estimate of drug-likeness (QED) is 0.803. The minimum atomic E-state index is 0.110. The molecule has 1 aromatic rings. The molecule has 2 atom stereocenters. The number of rotatable bonds is 4. The van der Waals surface area contributed by atoms with Crippen molar-refractivity contribution in [2.24, 2.45) is 5.92 Å². The Morgan fingerprint density at radius 3 is 2.88 bits per heavy atom. The van der Waals surface area contributed by atoms with E-state index in [1.165, 1.54) is 19.3 Å². The maximum absolute atomic E-state index is 11.9. The highest BCUT2D eigenvalue weighted by Crippen LogP contribution is 2.26. The monoisotopic (exact) mass is 333 g/mol. The van der Waals surface area contributed by atoms with Crippen molar-refractivity contribution in [3.8, 4) is 0 Å². The van der Waals surface area contributed by atoms with Crippen molar-refractivity contribution >= 4 is 17.5 Å². The normalized spacial score (nSPS) is 25.5. The van der Waals surface area contributed by atoms with Crippen molar-refractivity contribution in [1.29, 1.82) is 0 Å². The molecule has 1 aliphatic heterocycles. The van der Waals surface area contributed by atoms with Crippen molar-refractivity contribution in [1.82, 2.24) is 14.9 Å². The lowest BCUT2D eigenvalue weighted by atomic mass is 9.96. The van der Waals surface area contributed by atoms with Crippen LogP contribution in [0.4, 0.5) is 11.6 Å². The summed E-state index contributed by atoms with van der Waals surface area (Å²) in [7, 11) is 1.83. The van der Waals surface area contributed by atoms with E-state index in [1.54, 1.807) is 11.2 Å². The number of amides is 1. The fraction of sp³-hybridized carbons (Fsp3) is 0.706. The van der Waals surface area contributed by atoms with Gasteiger partial charge in [0.1, 0.15) is 18.0 Å². The second kappa shape index (κ2) is 7.79. The van der Waals surface area contributed by atoms with Crippen LogP contribution < -0.4 is 10.2 Å². The lowest BCUT2D eigenvalue weighted by molar-refractivity contribution is -0.129. The summed E-state index contributed by atoms with van der Waals surface area (Å²) in [5.41, 5.74) is 0. The molecule has 1 saturated carbocycles. The molecule has 1 amide bonds. The third-order valence-electron chi connectivity index (χ3n) is 5.16. The van der Waals surface area contributed by atoms with Gasteiger partial charge in [0.25, 0.3) is 0 Å². The zero-order chi connectivity index (χ0) is 16.9. The first kappa shape index (κ1) is 17.0. The number of aliphatic hydroxyl groups is 1. The second-order valence-electron chi connectivity index (χ2n) is 6.83. The highest BCUT2D eigenvalue weighted by molar-refractivity contribution is 5.82. The first-order valence-electron chi connectivity index (χ1n) is 8.85. The van der Waals surface area contributed by atoms with Crippen molar-refractivity contribution in [2.45, 2.75) is 38.1 Å². The van der Waals surface area contributed by atoms with Gasteiger partial charge < -0.3 is 20.2 Å². The molecule has 132 valence electrons. The molecule has 7 heteroatoms. The number of piperazine rings is 1. The number of carbonyl (C=O) groups is 1. The minimum Gasteiger partial charge on any atom is -0.396 e. The van der Waals surface area contributed by atoms with Crippen LogP contribution in [0.1, 0.15) is 32.1 Å². The second-order valence-corrected chi connectivity index (χ2v) is 6.83. The van der Waals surface area contributed by atoms with Gasteiger partial charge in [0, 0.05) is 44.8 Å². The summed E-state index contributed by atoms with van der Waals surface area (Å²) < 4.78 is 0. The largest absolute Gasteiger partial charge is 0.396 e. The van der Waals surface area contributed by atoms with Gasteiger partial charge in [-0.05, 0) is 12.8 Å². The topological polar surface area (TPSA) is 81.6 Å². The molecule has 3 rings (SSSR count). The van der Waals surface area contributed by atoms with Gasteiger partial charge in [0.05, 0.1) is 6.54 Å². The molecule has 0 spiro atoms. The first-order valence-corrected chi connectivity index (χ1v) is 8.85. The van der Waals surface area contributed by atoms with E-state index in [-0.39, 0.29) is 24.5 Å². The average Bonchev–Trinajstić information content (AvgIpc) is 2.82. The molecule has 1 aromatic heterocycles. The molecule has 0 bridgehead atoms. The van der Waals surface area contributed by atoms with E-state index in [2.05, 4.69) is 15.3 Å². The molecule has 2 heterocycles. The van der Waals surface area contributed by atoms with Crippen LogP contribution >= 0.6 is 0 Å². The summed E-state index contributed by atoms with van der Waals surface area (Å²) in [5, 5.41) is 13.1. The van der Waals surface area contributed by atoms with Gasteiger partial charge in [-0.15, -0.1) is 0 Å². The lowest BCUT2D eigenvalue weighted by Crippen LogP contribution is -2.48. The summed E-state index contributed by atoms with van der Waals surface area (Å²) in [5.74, 6) is 1.94. The molecule has 1 aliphatic carbocycles. The number of nitrogens with zero attached hydrogens (tertiary/aromatic N) is 4. The number of aliphatic hydroxyl groups excluding tert-OH is 1. The van der Waals surface area contributed by atoms with Gasteiger partial charge in [-0.2, -0.15) is 0 Å². The van der Waals surface area contributed by atoms with Crippen LogP contribution in [0.3, 0.4) is 0 Å². The van der Waals surface area contributed by atoms with Crippen LogP contribution in [0.5, 0.6) is 0 Å². The number of nitrogens with one attached hydrogen (secondary N) is 1. The van der Waals surface area contributed by atoms with E-state index in [0.717, 1.165) is 31.0 Å². The standard InChI is InChI=1S/C17H27N5O2/c1-21-7-8-22(10-17(21)24)16-9-15(18-12-19-16)20-14-6-4-2-3-5-13(14)11-23/h9,12-14,23H,2-8,10-11H2,1H3,(H,18,19,20). The highest BCUT2D eigenvalue weighted by Gasteiger charge is 2.25. The molecule has 2 fully saturated rings. The Morgan fingerprint density at radius 2 is 2.08 bits per heavy atom. The highest BCUT2D eigenvalue weighted by atomic mass is 16.3. The van der Waals surface area contributed by atoms with Gasteiger partial charge in [0.2, 0.25) is 5.91 Å². The van der Waals surface area contributed by atoms with E-state index in [4.69, 9.17) is 0 Å². The van der Waals surface area contributed by atoms with Gasteiger partial charge in [-0.1, -0.05) is 19.3 Å². The van der Waals surface area contributed by atoms with Crippen molar-refractivity contribution < 1.29 is 9.90 Å². The number of hydrogen-bond donors (Lipinski definition) is 2. The first-order chi connectivity index (χ1) is 11.7. The predicted molar refractivity (Wildman–Crippen MR) is 93.0 cm³/mol. The Balaban J connectivity index is 1.69. The molecular formula is C17H27N5O2. The van der Waals surface area contributed by atoms with Crippen LogP contribution in [-0.4, -0.2) is 65.2 Å². The summed E-state index contributed by atoms with van der Waals surface area (Å²) in [4.78, 5) is 24.3. The average molecular weight is 333 g/mol. The van der Waals surface area contributed by atoms with E-state index in [9.17, 15) is 9.90 Å². The fourth-order valence-electron chi connectivity index (χ4n) is 3.54. The smallest absolute Gasteiger partial charge is 0.241 e. The number of likely N-dealkylation sites (N-methyl/N-ethyl adjacent to an activating group) is 1. The summed E-state index contributed by atoms with van der Waals surface area (Å²) >= 11 is 0. The molecule has 7 nitrogen and oxygen atoms in total. The summed E-state index contributed by atoms with van der Waals surface area (Å²) in [6, 6.07) is 2.16. The summed E-state index contributed by atoms with van der Waals surface area (Å²) in [6.45, 7) is 2.06. The maximum Gasteiger partial charge on any atom is 0.241 e. The predicted octanol–water partition coefficient (Wildman–Crippen LogP) is 1.11. The molecule has 0 radical (unpaired) electrons. The third kappa shape index (κ3) is 3.95. The van der Waals surface area contributed by atoms with Gasteiger partial charge in [0.15, 0.2) is 0 Å². The third-order valence-corrected chi connectivity index (χ3v) is 5.16. The Bertz CT molecular complexity index is 568. The Labute approximate surface area is 143 Å². The van der Waals surface area contributed by atoms with E-state index >= 15 is 0 Å². The lowest BCUT2D eigenvalue weighted by Gasteiger charge is -2.33. The zero-order valence-electron chi connectivity index (χ0n) is 14.3. The fourth-order valence-corrected chi connectivity index (χ4v) is 3.54. The van der Waals surface area contributed by atoms with Gasteiger partial charge >= 0.3 is 0 Å². The van der Waals surface area contributed by atoms with E-state index < -0.39 is 0 Å². The Hall–Kier alpha value is -1.89. The molecule has 0 aromatic carbocycles. The van der Waals surface area contributed by atoms with Crippen LogP contribution in [-0.2, 0) is 4.79 Å². The summed E-state index contributed by atoms with van der Waals surface area (Å²) in [6.07, 6.45) is 7.25. The van der Waals surface area contributed by atoms with Crippen LogP contribution in [0.25, 0.3) is 0 Å². The zero-order valence-corrected chi connectivity index (χ0v) is 14.3. The van der Waals surface area contributed by atoms with Crippen LogP contribution in [0.2, 0.25) is 0 Å². The van der Waals surface area contributed by atoms with Crippen LogP contribution in [0, 0.1) is 5.92 Å². The molecular weight excluding hydrogens is 306 g/mol. The van der Waals surface area contributed by atoms with Crippen molar-refractivity contribution in [3.05, 3.63) is 12.4 Å². The molecule has 24 heavy (non-hydrogen) atoms. The SMILES string of the molecule is CN1CCN(c2cc(NC3CCCCCC3CO)ncn2)CC1=O. The molecule has 2 aliphatic rings.